The zero-order valence-corrected chi connectivity index (χ0v) is 18.8. The third-order valence-corrected chi connectivity index (χ3v) is 7.99. The van der Waals surface area contributed by atoms with Crippen LogP contribution in [-0.4, -0.2) is 60.7 Å². The number of carbonyl (C=O) groups is 2. The summed E-state index contributed by atoms with van der Waals surface area (Å²) in [6.07, 6.45) is 7.42. The summed E-state index contributed by atoms with van der Waals surface area (Å²) in [7, 11) is 0. The van der Waals surface area contributed by atoms with Gasteiger partial charge in [0, 0.05) is 49.4 Å². The fraction of sp³-hybridized carbons (Fsp3) is 0.773. The molecule has 166 valence electrons. The highest BCUT2D eigenvalue weighted by Gasteiger charge is 2.31. The minimum Gasteiger partial charge on any atom is -0.466 e. The average molecular weight is 435 g/mol. The summed E-state index contributed by atoms with van der Waals surface area (Å²) in [5.74, 6) is 0.400. The second-order valence-electron chi connectivity index (χ2n) is 8.68. The highest BCUT2D eigenvalue weighted by Crippen LogP contribution is 2.33. The van der Waals surface area contributed by atoms with E-state index in [0.29, 0.717) is 12.5 Å². The smallest absolute Gasteiger partial charge is 0.317 e. The Kier molecular flexibility index (Phi) is 7.25. The van der Waals surface area contributed by atoms with Crippen LogP contribution in [0, 0.1) is 5.92 Å². The van der Waals surface area contributed by atoms with Crippen molar-refractivity contribution in [2.45, 2.75) is 70.3 Å². The molecule has 7 nitrogen and oxygen atoms in total. The number of nitrogens with one attached hydrogen (secondary N) is 2. The first-order chi connectivity index (χ1) is 14.6. The van der Waals surface area contributed by atoms with E-state index in [1.165, 1.54) is 15.6 Å². The number of rotatable bonds is 4. The molecule has 8 heteroatoms. The first-order valence-electron chi connectivity index (χ1n) is 11.5. The lowest BCUT2D eigenvalue weighted by Crippen LogP contribution is -2.48. The van der Waals surface area contributed by atoms with Crippen molar-refractivity contribution >= 4 is 23.3 Å². The van der Waals surface area contributed by atoms with E-state index in [9.17, 15) is 9.59 Å². The monoisotopic (exact) mass is 434 g/mol. The SMILES string of the molecule is CCOC(=O)C1CCC(NC(=O)N2CCC(c3nc4c(s3)CCNCC4)CC2)CC1. The highest BCUT2D eigenvalue weighted by molar-refractivity contribution is 7.11. The van der Waals surface area contributed by atoms with Crippen molar-refractivity contribution < 1.29 is 14.3 Å². The van der Waals surface area contributed by atoms with Gasteiger partial charge < -0.3 is 20.3 Å². The van der Waals surface area contributed by atoms with Crippen LogP contribution in [0.1, 0.15) is 66.9 Å². The summed E-state index contributed by atoms with van der Waals surface area (Å²) in [6, 6.07) is 0.221. The number of carbonyl (C=O) groups excluding carboxylic acids is 2. The van der Waals surface area contributed by atoms with E-state index in [0.717, 1.165) is 77.5 Å². The van der Waals surface area contributed by atoms with Gasteiger partial charge in [0.05, 0.1) is 23.2 Å². The van der Waals surface area contributed by atoms with Gasteiger partial charge in [-0.3, -0.25) is 4.79 Å². The Hall–Kier alpha value is -1.67. The van der Waals surface area contributed by atoms with Crippen LogP contribution in [0.15, 0.2) is 0 Å². The lowest BCUT2D eigenvalue weighted by molar-refractivity contribution is -0.149. The molecule has 2 fully saturated rings. The molecule has 2 N–H and O–H groups in total. The van der Waals surface area contributed by atoms with Crippen LogP contribution in [0.4, 0.5) is 4.79 Å². The maximum Gasteiger partial charge on any atom is 0.317 e. The fourth-order valence-electron chi connectivity index (χ4n) is 4.83. The second kappa shape index (κ2) is 10.1. The van der Waals surface area contributed by atoms with Crippen molar-refractivity contribution in [3.05, 3.63) is 15.6 Å². The van der Waals surface area contributed by atoms with E-state index in [4.69, 9.17) is 9.72 Å². The van der Waals surface area contributed by atoms with Crippen molar-refractivity contribution in [1.82, 2.24) is 20.5 Å². The number of aromatic nitrogens is 1. The van der Waals surface area contributed by atoms with Crippen molar-refractivity contribution in [2.24, 2.45) is 5.92 Å². The molecule has 0 aromatic carbocycles. The molecule has 0 atom stereocenters. The molecule has 1 aliphatic carbocycles. The standard InChI is InChI=1S/C22H34N4O3S/c1-2-29-21(27)16-3-5-17(6-4-16)24-22(28)26-13-9-15(10-14-26)20-25-18-7-11-23-12-8-19(18)30-20/h15-17,23H,2-14H2,1H3,(H,24,28). The maximum atomic E-state index is 12.7. The van der Waals surface area contributed by atoms with Gasteiger partial charge in [0.1, 0.15) is 0 Å². The fourth-order valence-corrected chi connectivity index (χ4v) is 6.11. The Morgan fingerprint density at radius 1 is 1.13 bits per heavy atom. The number of nitrogens with zero attached hydrogens (tertiary/aromatic N) is 2. The quantitative estimate of drug-likeness (QED) is 0.712. The number of likely N-dealkylation sites (tertiary alicyclic amines) is 1. The lowest BCUT2D eigenvalue weighted by Gasteiger charge is -2.34. The van der Waals surface area contributed by atoms with Crippen LogP contribution in [0.3, 0.4) is 0 Å². The van der Waals surface area contributed by atoms with Gasteiger partial charge in [0.15, 0.2) is 0 Å². The summed E-state index contributed by atoms with van der Waals surface area (Å²) in [5, 5.41) is 7.91. The number of hydrogen-bond donors (Lipinski definition) is 2. The van der Waals surface area contributed by atoms with E-state index < -0.39 is 0 Å². The third kappa shape index (κ3) is 5.14. The molecule has 2 aliphatic heterocycles. The molecular formula is C22H34N4O3S. The number of amides is 2. The largest absolute Gasteiger partial charge is 0.466 e. The van der Waals surface area contributed by atoms with E-state index >= 15 is 0 Å². The topological polar surface area (TPSA) is 83.6 Å². The number of esters is 1. The Balaban J connectivity index is 1.22. The zero-order valence-electron chi connectivity index (χ0n) is 18.0. The minimum atomic E-state index is -0.0832. The van der Waals surface area contributed by atoms with E-state index in [1.54, 1.807) is 0 Å². The van der Waals surface area contributed by atoms with Crippen LogP contribution >= 0.6 is 11.3 Å². The number of urea groups is 1. The molecule has 3 aliphatic rings. The summed E-state index contributed by atoms with van der Waals surface area (Å²) in [5.41, 5.74) is 1.29. The normalized spacial score (nSPS) is 25.3. The van der Waals surface area contributed by atoms with Crippen molar-refractivity contribution in [1.29, 1.82) is 0 Å². The second-order valence-corrected chi connectivity index (χ2v) is 9.80. The van der Waals surface area contributed by atoms with Gasteiger partial charge in [-0.2, -0.15) is 0 Å². The molecular weight excluding hydrogens is 400 g/mol. The Bertz CT molecular complexity index is 713. The molecule has 1 aromatic rings. The first-order valence-corrected chi connectivity index (χ1v) is 12.4. The summed E-state index contributed by atoms with van der Waals surface area (Å²) in [4.78, 5) is 33.0. The van der Waals surface area contributed by atoms with Crippen molar-refractivity contribution in [2.75, 3.05) is 32.8 Å². The molecule has 0 spiro atoms. The molecule has 3 heterocycles. The van der Waals surface area contributed by atoms with Gasteiger partial charge in [0.25, 0.3) is 0 Å². The molecule has 4 rings (SSSR count). The Morgan fingerprint density at radius 3 is 2.60 bits per heavy atom. The van der Waals surface area contributed by atoms with Crippen LogP contribution in [0.5, 0.6) is 0 Å². The highest BCUT2D eigenvalue weighted by atomic mass is 32.1. The number of piperidine rings is 1. The number of hydrogen-bond acceptors (Lipinski definition) is 6. The van der Waals surface area contributed by atoms with Gasteiger partial charge in [0.2, 0.25) is 0 Å². The predicted molar refractivity (Wildman–Crippen MR) is 117 cm³/mol. The van der Waals surface area contributed by atoms with Crippen LogP contribution < -0.4 is 10.6 Å². The molecule has 1 saturated carbocycles. The average Bonchev–Trinajstić information content (AvgIpc) is 3.05. The van der Waals surface area contributed by atoms with E-state index in [-0.39, 0.29) is 24.0 Å². The molecule has 1 aromatic heterocycles. The van der Waals surface area contributed by atoms with Crippen molar-refractivity contribution in [3.63, 3.8) is 0 Å². The first kappa shape index (κ1) is 21.6. The molecule has 1 saturated heterocycles. The van der Waals surface area contributed by atoms with Gasteiger partial charge in [-0.25, -0.2) is 9.78 Å². The number of fused-ring (bicyclic) bond motifs is 1. The molecule has 0 radical (unpaired) electrons. The number of ether oxygens (including phenoxy) is 1. The van der Waals surface area contributed by atoms with E-state index in [2.05, 4.69) is 10.6 Å². The van der Waals surface area contributed by atoms with Gasteiger partial charge >= 0.3 is 12.0 Å². The maximum absolute atomic E-state index is 12.7. The summed E-state index contributed by atoms with van der Waals surface area (Å²) >= 11 is 1.89. The summed E-state index contributed by atoms with van der Waals surface area (Å²) < 4.78 is 5.13. The number of thiazole rings is 1. The summed E-state index contributed by atoms with van der Waals surface area (Å²) in [6.45, 7) is 5.94. The predicted octanol–water partition coefficient (Wildman–Crippen LogP) is 2.84. The van der Waals surface area contributed by atoms with Gasteiger partial charge in [-0.1, -0.05) is 0 Å². The minimum absolute atomic E-state index is 0.00181. The van der Waals surface area contributed by atoms with Gasteiger partial charge in [-0.15, -0.1) is 11.3 Å². The Morgan fingerprint density at radius 2 is 1.87 bits per heavy atom. The molecule has 0 unspecified atom stereocenters. The van der Waals surface area contributed by atoms with Crippen LogP contribution in [0.25, 0.3) is 0 Å². The van der Waals surface area contributed by atoms with Crippen LogP contribution in [-0.2, 0) is 22.4 Å². The molecule has 0 bridgehead atoms. The van der Waals surface area contributed by atoms with E-state index in [1.807, 2.05) is 23.2 Å². The van der Waals surface area contributed by atoms with Gasteiger partial charge in [-0.05, 0) is 51.9 Å². The zero-order chi connectivity index (χ0) is 20.9. The third-order valence-electron chi connectivity index (χ3n) is 6.67. The lowest BCUT2D eigenvalue weighted by atomic mass is 9.86. The Labute approximate surface area is 183 Å². The van der Waals surface area contributed by atoms with Crippen LogP contribution in [0.2, 0.25) is 0 Å². The molecule has 2 amide bonds. The molecule has 30 heavy (non-hydrogen) atoms. The van der Waals surface area contributed by atoms with Crippen molar-refractivity contribution in [3.8, 4) is 0 Å².